The molecular formula is C70H48N4. The Labute approximate surface area is 430 Å². The molecule has 4 nitrogen and oxygen atoms in total. The monoisotopic (exact) mass is 944 g/mol. The van der Waals surface area contributed by atoms with Gasteiger partial charge in [-0.15, -0.1) is 0 Å². The van der Waals surface area contributed by atoms with Crippen molar-refractivity contribution in [2.24, 2.45) is 0 Å². The van der Waals surface area contributed by atoms with E-state index in [9.17, 15) is 0 Å². The van der Waals surface area contributed by atoms with E-state index in [0.717, 1.165) is 64.0 Å². The molecule has 3 aliphatic rings. The van der Waals surface area contributed by atoms with Crippen molar-refractivity contribution in [3.05, 3.63) is 278 Å². The van der Waals surface area contributed by atoms with E-state index in [1.165, 1.54) is 82.4 Å². The lowest BCUT2D eigenvalue weighted by Crippen LogP contribution is -2.32. The zero-order valence-corrected chi connectivity index (χ0v) is 40.6. The number of hydrogen-bond donors (Lipinski definition) is 0. The molecule has 0 unspecified atom stereocenters. The summed E-state index contributed by atoms with van der Waals surface area (Å²) >= 11 is 0. The number of rotatable bonds is 6. The Hall–Kier alpha value is -9.64. The molecule has 0 saturated carbocycles. The normalized spacial score (nSPS) is 13.9. The first kappa shape index (κ1) is 42.1. The molecule has 0 spiro atoms. The van der Waals surface area contributed by atoms with Gasteiger partial charge in [0.2, 0.25) is 0 Å². The van der Waals surface area contributed by atoms with Crippen molar-refractivity contribution in [2.45, 2.75) is 12.8 Å². The number of anilines is 10. The van der Waals surface area contributed by atoms with Crippen LogP contribution in [-0.4, -0.2) is 0 Å². The highest BCUT2D eigenvalue weighted by molar-refractivity contribution is 6.26. The molecule has 0 fully saturated rings. The van der Waals surface area contributed by atoms with E-state index in [-0.39, 0.29) is 0 Å². The summed E-state index contributed by atoms with van der Waals surface area (Å²) in [5, 5.41) is 9.72. The van der Waals surface area contributed by atoms with Gasteiger partial charge in [0.15, 0.2) is 0 Å². The molecule has 0 atom stereocenters. The van der Waals surface area contributed by atoms with Gasteiger partial charge in [0, 0.05) is 28.4 Å². The molecule has 0 saturated heterocycles. The average Bonchev–Trinajstić information content (AvgIpc) is 3.47. The van der Waals surface area contributed by atoms with Gasteiger partial charge >= 0.3 is 0 Å². The molecule has 0 bridgehead atoms. The maximum Gasteiger partial charge on any atom is 0.0703 e. The Balaban J connectivity index is 1.04. The van der Waals surface area contributed by atoms with E-state index in [1.807, 2.05) is 0 Å². The largest absolute Gasteiger partial charge is 0.310 e. The quantitative estimate of drug-likeness (QED) is 0.154. The average molecular weight is 945 g/mol. The standard InChI is InChI=1S/C70H48N4/c1-3-25-49(26-4-1)71-61-33-11-15-37-65(61)73(66-38-16-12-34-62(66)71)51-41-43-57-59(45-51)69(55-31-19-23-47-21-7-9-29-53(47)55)58-44-42-52(46-60(58)70(57)56-32-20-24-48-22-8-10-30-54(48)56)74-67-39-17-13-35-63(67)72(50-27-5-2-6-28-50)64-36-14-18-40-68(64)74/h1-17,19-39,41-46H,18,40H2. The summed E-state index contributed by atoms with van der Waals surface area (Å²) in [5.41, 5.74) is 18.8. The third-order valence-electron chi connectivity index (χ3n) is 15.5. The minimum atomic E-state index is 0.922. The van der Waals surface area contributed by atoms with Gasteiger partial charge in [-0.05, 0) is 169 Å². The summed E-state index contributed by atoms with van der Waals surface area (Å²) < 4.78 is 0. The predicted molar refractivity (Wildman–Crippen MR) is 313 cm³/mol. The fraction of sp³-hybridized carbons (Fsp3) is 0.0286. The van der Waals surface area contributed by atoms with Crippen LogP contribution in [0.2, 0.25) is 0 Å². The van der Waals surface area contributed by atoms with Crippen molar-refractivity contribution in [1.82, 2.24) is 0 Å². The van der Waals surface area contributed by atoms with Crippen LogP contribution >= 0.6 is 0 Å². The molecule has 15 rings (SSSR count). The second-order valence-electron chi connectivity index (χ2n) is 19.5. The molecule has 2 aliphatic heterocycles. The van der Waals surface area contributed by atoms with Crippen molar-refractivity contribution in [2.75, 3.05) is 19.6 Å². The van der Waals surface area contributed by atoms with Crippen molar-refractivity contribution < 1.29 is 0 Å². The second kappa shape index (κ2) is 17.0. The first-order valence-electron chi connectivity index (χ1n) is 25.7. The molecule has 12 aromatic rings. The highest BCUT2D eigenvalue weighted by Gasteiger charge is 2.34. The van der Waals surface area contributed by atoms with Crippen LogP contribution in [0.3, 0.4) is 0 Å². The third-order valence-corrected chi connectivity index (χ3v) is 15.5. The van der Waals surface area contributed by atoms with E-state index >= 15 is 0 Å². The van der Waals surface area contributed by atoms with E-state index in [4.69, 9.17) is 0 Å². The number of benzene rings is 12. The Bertz CT molecular complexity index is 4230. The van der Waals surface area contributed by atoms with Crippen LogP contribution in [-0.2, 0) is 0 Å². The Morgan fingerprint density at radius 1 is 0.270 bits per heavy atom. The minimum absolute atomic E-state index is 0.922. The number of nitrogens with zero attached hydrogens (tertiary/aromatic N) is 4. The summed E-state index contributed by atoms with van der Waals surface area (Å²) in [6.07, 6.45) is 6.56. The Morgan fingerprint density at radius 3 is 1.18 bits per heavy atom. The molecular weight excluding hydrogens is 897 g/mol. The smallest absolute Gasteiger partial charge is 0.0703 e. The van der Waals surface area contributed by atoms with E-state index in [1.54, 1.807) is 0 Å². The minimum Gasteiger partial charge on any atom is -0.310 e. The highest BCUT2D eigenvalue weighted by Crippen LogP contribution is 2.57. The topological polar surface area (TPSA) is 13.0 Å². The SMILES string of the molecule is C1=CC2=C(CC1)N(c1ccc3c(-c4cccc5ccccc45)c4cc(N5c6ccccc6N(c6ccccc6)c6ccccc65)ccc4c(-c4cccc5ccccc45)c3c1)c1ccccc1N2c1ccccc1. The molecule has 348 valence electrons. The van der Waals surface area contributed by atoms with Gasteiger partial charge in [-0.1, -0.05) is 176 Å². The van der Waals surface area contributed by atoms with Crippen LogP contribution in [0.4, 0.5) is 56.9 Å². The van der Waals surface area contributed by atoms with Crippen molar-refractivity contribution in [1.29, 1.82) is 0 Å². The molecule has 0 aromatic heterocycles. The zero-order chi connectivity index (χ0) is 48.7. The van der Waals surface area contributed by atoms with Crippen LogP contribution in [0.15, 0.2) is 278 Å². The summed E-state index contributed by atoms with van der Waals surface area (Å²) in [5.74, 6) is 0. The van der Waals surface area contributed by atoms with Crippen molar-refractivity contribution >= 4 is 100.0 Å². The van der Waals surface area contributed by atoms with Crippen LogP contribution in [0.25, 0.3) is 65.3 Å². The Morgan fingerprint density at radius 2 is 0.662 bits per heavy atom. The molecule has 0 radical (unpaired) electrons. The predicted octanol–water partition coefficient (Wildman–Crippen LogP) is 19.7. The maximum absolute atomic E-state index is 2.55. The number of allylic oxidation sites excluding steroid dienone is 3. The lowest BCUT2D eigenvalue weighted by Gasteiger charge is -2.42. The van der Waals surface area contributed by atoms with Crippen LogP contribution in [0.1, 0.15) is 12.8 Å². The number of fused-ring (bicyclic) bond motifs is 7. The van der Waals surface area contributed by atoms with Crippen LogP contribution in [0.5, 0.6) is 0 Å². The second-order valence-corrected chi connectivity index (χ2v) is 19.5. The summed E-state index contributed by atoms with van der Waals surface area (Å²) in [6.45, 7) is 0. The van der Waals surface area contributed by atoms with Crippen molar-refractivity contribution in [3.63, 3.8) is 0 Å². The van der Waals surface area contributed by atoms with Gasteiger partial charge in [-0.3, -0.25) is 0 Å². The molecule has 4 heteroatoms. The van der Waals surface area contributed by atoms with Crippen molar-refractivity contribution in [3.8, 4) is 22.3 Å². The molecule has 0 amide bonds. The fourth-order valence-electron chi connectivity index (χ4n) is 12.4. The fourth-order valence-corrected chi connectivity index (χ4v) is 12.4. The molecule has 74 heavy (non-hydrogen) atoms. The van der Waals surface area contributed by atoms with Gasteiger partial charge in [0.25, 0.3) is 0 Å². The molecule has 1 aliphatic carbocycles. The van der Waals surface area contributed by atoms with Gasteiger partial charge in [-0.25, -0.2) is 0 Å². The molecule has 12 aromatic carbocycles. The molecule has 0 N–H and O–H groups in total. The lowest BCUT2D eigenvalue weighted by atomic mass is 9.83. The number of hydrogen-bond acceptors (Lipinski definition) is 4. The first-order chi connectivity index (χ1) is 36.8. The number of para-hydroxylation sites is 8. The zero-order valence-electron chi connectivity index (χ0n) is 40.6. The summed E-state index contributed by atoms with van der Waals surface area (Å²) in [4.78, 5) is 9.87. The van der Waals surface area contributed by atoms with Crippen LogP contribution < -0.4 is 19.6 Å². The first-order valence-corrected chi connectivity index (χ1v) is 25.7. The van der Waals surface area contributed by atoms with E-state index in [0.29, 0.717) is 0 Å². The maximum atomic E-state index is 2.55. The lowest BCUT2D eigenvalue weighted by molar-refractivity contribution is 0.869. The Kier molecular flexibility index (Phi) is 9.67. The summed E-state index contributed by atoms with van der Waals surface area (Å²) in [6, 6.07) is 94.1. The van der Waals surface area contributed by atoms with Gasteiger partial charge in [-0.2, -0.15) is 0 Å². The van der Waals surface area contributed by atoms with E-state index < -0.39 is 0 Å². The van der Waals surface area contributed by atoms with E-state index in [2.05, 4.69) is 287 Å². The van der Waals surface area contributed by atoms with Gasteiger partial charge < -0.3 is 19.6 Å². The highest BCUT2D eigenvalue weighted by atomic mass is 15.3. The van der Waals surface area contributed by atoms with Crippen LogP contribution in [0, 0.1) is 0 Å². The van der Waals surface area contributed by atoms with Gasteiger partial charge in [0.05, 0.1) is 39.8 Å². The summed E-state index contributed by atoms with van der Waals surface area (Å²) in [7, 11) is 0. The van der Waals surface area contributed by atoms with Gasteiger partial charge in [0.1, 0.15) is 0 Å². The third kappa shape index (κ3) is 6.48. The molecule has 2 heterocycles.